The number of carbonyl (C=O) groups excluding carboxylic acids is 1. The summed E-state index contributed by atoms with van der Waals surface area (Å²) in [6, 6.07) is 9.71. The average molecular weight is 345 g/mol. The lowest BCUT2D eigenvalue weighted by atomic mass is 9.99. The number of H-pyrrole nitrogens is 1. The molecule has 1 saturated heterocycles. The number of aromatic amines is 1. The molecule has 0 aliphatic carbocycles. The monoisotopic (exact) mass is 345 g/mol. The minimum absolute atomic E-state index is 0.250. The Morgan fingerprint density at radius 3 is 3.00 bits per heavy atom. The van der Waals surface area contributed by atoms with Gasteiger partial charge in [-0.1, -0.05) is 35.5 Å². The van der Waals surface area contributed by atoms with E-state index in [1.807, 2.05) is 30.3 Å². The van der Waals surface area contributed by atoms with E-state index >= 15 is 0 Å². The Hall–Kier alpha value is -2.48. The van der Waals surface area contributed by atoms with Crippen LogP contribution in [-0.4, -0.2) is 57.9 Å². The SMILES string of the molecule is O=C(OCc1ccccc1)N1CCCC(COCCc2nn[nH]n2)C1. The largest absolute Gasteiger partial charge is 0.445 e. The lowest BCUT2D eigenvalue weighted by molar-refractivity contribution is 0.0466. The zero-order valence-corrected chi connectivity index (χ0v) is 14.1. The Labute approximate surface area is 146 Å². The third-order valence-corrected chi connectivity index (χ3v) is 4.20. The van der Waals surface area contributed by atoms with Gasteiger partial charge in [0.2, 0.25) is 0 Å². The van der Waals surface area contributed by atoms with E-state index in [0.29, 0.717) is 44.5 Å². The van der Waals surface area contributed by atoms with Crippen LogP contribution < -0.4 is 0 Å². The molecule has 1 aromatic heterocycles. The molecule has 1 fully saturated rings. The van der Waals surface area contributed by atoms with Crippen LogP contribution in [0.1, 0.15) is 24.2 Å². The van der Waals surface area contributed by atoms with Crippen molar-refractivity contribution in [3.8, 4) is 0 Å². The number of piperidine rings is 1. The molecule has 1 aromatic carbocycles. The molecular weight excluding hydrogens is 322 g/mol. The predicted octanol–water partition coefficient (Wildman–Crippen LogP) is 1.81. The second-order valence-electron chi connectivity index (χ2n) is 6.15. The molecular formula is C17H23N5O3. The van der Waals surface area contributed by atoms with Gasteiger partial charge in [0.1, 0.15) is 6.61 Å². The number of nitrogens with one attached hydrogen (secondary N) is 1. The van der Waals surface area contributed by atoms with Crippen molar-refractivity contribution in [1.29, 1.82) is 0 Å². The number of ether oxygens (including phenoxy) is 2. The van der Waals surface area contributed by atoms with Crippen LogP contribution in [0.4, 0.5) is 4.79 Å². The first-order valence-electron chi connectivity index (χ1n) is 8.57. The maximum absolute atomic E-state index is 12.2. The van der Waals surface area contributed by atoms with Gasteiger partial charge in [0.05, 0.1) is 13.2 Å². The third-order valence-electron chi connectivity index (χ3n) is 4.20. The lowest BCUT2D eigenvalue weighted by Crippen LogP contribution is -2.41. The topological polar surface area (TPSA) is 93.2 Å². The molecule has 1 aliphatic heterocycles. The summed E-state index contributed by atoms with van der Waals surface area (Å²) in [5, 5.41) is 13.7. The van der Waals surface area contributed by atoms with E-state index in [2.05, 4.69) is 20.6 Å². The van der Waals surface area contributed by atoms with E-state index in [0.717, 1.165) is 24.9 Å². The van der Waals surface area contributed by atoms with E-state index in [-0.39, 0.29) is 6.09 Å². The van der Waals surface area contributed by atoms with Crippen molar-refractivity contribution < 1.29 is 14.3 Å². The first-order chi connectivity index (χ1) is 12.3. The Balaban J connectivity index is 1.36. The molecule has 0 radical (unpaired) electrons. The van der Waals surface area contributed by atoms with Gasteiger partial charge in [-0.05, 0) is 18.4 Å². The number of hydrogen-bond donors (Lipinski definition) is 1. The van der Waals surface area contributed by atoms with Crippen molar-refractivity contribution in [2.24, 2.45) is 5.92 Å². The van der Waals surface area contributed by atoms with E-state index in [4.69, 9.17) is 9.47 Å². The molecule has 1 N–H and O–H groups in total. The standard InChI is InChI=1S/C17H23N5O3/c23-17(25-13-14-5-2-1-3-6-14)22-9-4-7-15(11-22)12-24-10-8-16-18-20-21-19-16/h1-3,5-6,15H,4,7-13H2,(H,18,19,20,21). The minimum Gasteiger partial charge on any atom is -0.445 e. The minimum atomic E-state index is -0.250. The highest BCUT2D eigenvalue weighted by Gasteiger charge is 2.24. The molecule has 1 unspecified atom stereocenters. The van der Waals surface area contributed by atoms with Gasteiger partial charge in [-0.2, -0.15) is 5.21 Å². The van der Waals surface area contributed by atoms with Crippen molar-refractivity contribution in [3.05, 3.63) is 41.7 Å². The summed E-state index contributed by atoms with van der Waals surface area (Å²) < 4.78 is 11.1. The fourth-order valence-corrected chi connectivity index (χ4v) is 2.88. The highest BCUT2D eigenvalue weighted by Crippen LogP contribution is 2.18. The third kappa shape index (κ3) is 5.53. The summed E-state index contributed by atoms with van der Waals surface area (Å²) in [4.78, 5) is 14.0. The lowest BCUT2D eigenvalue weighted by Gasteiger charge is -2.31. The van der Waals surface area contributed by atoms with Gasteiger partial charge in [-0.15, -0.1) is 10.2 Å². The molecule has 0 bridgehead atoms. The molecule has 0 saturated carbocycles. The molecule has 1 amide bonds. The quantitative estimate of drug-likeness (QED) is 0.769. The Kier molecular flexibility index (Phi) is 6.33. The number of aromatic nitrogens is 4. The summed E-state index contributed by atoms with van der Waals surface area (Å²) in [5.41, 5.74) is 0.995. The van der Waals surface area contributed by atoms with Gasteiger partial charge in [0.15, 0.2) is 5.82 Å². The van der Waals surface area contributed by atoms with Crippen molar-refractivity contribution in [3.63, 3.8) is 0 Å². The molecule has 25 heavy (non-hydrogen) atoms. The highest BCUT2D eigenvalue weighted by atomic mass is 16.6. The predicted molar refractivity (Wildman–Crippen MR) is 89.6 cm³/mol. The van der Waals surface area contributed by atoms with Crippen molar-refractivity contribution in [1.82, 2.24) is 25.5 Å². The smallest absolute Gasteiger partial charge is 0.410 e. The summed E-state index contributed by atoms with van der Waals surface area (Å²) in [7, 11) is 0. The number of rotatable bonds is 7. The number of benzene rings is 1. The van der Waals surface area contributed by atoms with E-state index in [1.54, 1.807) is 4.90 Å². The van der Waals surface area contributed by atoms with Gasteiger partial charge in [0, 0.05) is 25.4 Å². The summed E-state index contributed by atoms with van der Waals surface area (Å²) in [6.45, 7) is 2.90. The molecule has 1 atom stereocenters. The number of likely N-dealkylation sites (tertiary alicyclic amines) is 1. The second-order valence-corrected chi connectivity index (χ2v) is 6.15. The molecule has 8 heteroatoms. The number of tetrazole rings is 1. The molecule has 134 valence electrons. The van der Waals surface area contributed by atoms with Crippen LogP contribution in [0.3, 0.4) is 0 Å². The van der Waals surface area contributed by atoms with Gasteiger partial charge < -0.3 is 14.4 Å². The van der Waals surface area contributed by atoms with Crippen LogP contribution in [0.2, 0.25) is 0 Å². The summed E-state index contributed by atoms with van der Waals surface area (Å²) in [6.07, 6.45) is 2.41. The van der Waals surface area contributed by atoms with Crippen LogP contribution in [0.15, 0.2) is 30.3 Å². The van der Waals surface area contributed by atoms with Gasteiger partial charge in [-0.3, -0.25) is 0 Å². The van der Waals surface area contributed by atoms with Crippen molar-refractivity contribution in [2.45, 2.75) is 25.9 Å². The molecule has 1 aliphatic rings. The molecule has 3 rings (SSSR count). The van der Waals surface area contributed by atoms with E-state index in [9.17, 15) is 4.79 Å². The van der Waals surface area contributed by atoms with Crippen molar-refractivity contribution >= 4 is 6.09 Å². The first kappa shape index (κ1) is 17.3. The Bertz CT molecular complexity index is 635. The fourth-order valence-electron chi connectivity index (χ4n) is 2.88. The van der Waals surface area contributed by atoms with Crippen molar-refractivity contribution in [2.75, 3.05) is 26.3 Å². The van der Waals surface area contributed by atoms with Gasteiger partial charge in [0.25, 0.3) is 0 Å². The van der Waals surface area contributed by atoms with E-state index < -0.39 is 0 Å². The van der Waals surface area contributed by atoms with Crippen LogP contribution in [0.25, 0.3) is 0 Å². The summed E-state index contributed by atoms with van der Waals surface area (Å²) in [5.74, 6) is 0.984. The van der Waals surface area contributed by atoms with Crippen LogP contribution in [-0.2, 0) is 22.5 Å². The normalized spacial score (nSPS) is 17.4. The highest BCUT2D eigenvalue weighted by molar-refractivity contribution is 5.67. The number of nitrogens with zero attached hydrogens (tertiary/aromatic N) is 4. The fraction of sp³-hybridized carbons (Fsp3) is 0.529. The molecule has 0 spiro atoms. The zero-order valence-electron chi connectivity index (χ0n) is 14.1. The average Bonchev–Trinajstić information content (AvgIpc) is 3.18. The zero-order chi connectivity index (χ0) is 17.3. The maximum Gasteiger partial charge on any atom is 0.410 e. The number of hydrogen-bond acceptors (Lipinski definition) is 6. The van der Waals surface area contributed by atoms with Crippen LogP contribution >= 0.6 is 0 Å². The number of carbonyl (C=O) groups is 1. The maximum atomic E-state index is 12.2. The molecule has 2 heterocycles. The molecule has 2 aromatic rings. The van der Waals surface area contributed by atoms with Gasteiger partial charge in [-0.25, -0.2) is 4.79 Å². The second kappa shape index (κ2) is 9.12. The van der Waals surface area contributed by atoms with Crippen LogP contribution in [0, 0.1) is 5.92 Å². The van der Waals surface area contributed by atoms with Crippen LogP contribution in [0.5, 0.6) is 0 Å². The summed E-state index contributed by atoms with van der Waals surface area (Å²) >= 11 is 0. The first-order valence-corrected chi connectivity index (χ1v) is 8.57. The Morgan fingerprint density at radius 2 is 2.20 bits per heavy atom. The Morgan fingerprint density at radius 1 is 1.32 bits per heavy atom. The number of amides is 1. The van der Waals surface area contributed by atoms with E-state index in [1.165, 1.54) is 0 Å². The van der Waals surface area contributed by atoms with Gasteiger partial charge >= 0.3 is 6.09 Å². The molecule has 8 nitrogen and oxygen atoms in total.